The maximum absolute atomic E-state index is 5.52. The van der Waals surface area contributed by atoms with Crippen LogP contribution in [0.15, 0.2) is 6.33 Å². The first-order valence-corrected chi connectivity index (χ1v) is 3.96. The molecule has 0 aliphatic rings. The minimum Gasteiger partial charge on any atom is -0.368 e. The van der Waals surface area contributed by atoms with Gasteiger partial charge in [-0.25, -0.2) is 10.5 Å². The maximum atomic E-state index is 5.52. The van der Waals surface area contributed by atoms with Crippen molar-refractivity contribution < 1.29 is 4.84 Å². The molecule has 0 unspecified atom stereocenters. The summed E-state index contributed by atoms with van der Waals surface area (Å²) in [6.07, 6.45) is 1.64. The molecule has 3 N–H and O–H groups in total. The molecule has 7 nitrogen and oxygen atoms in total. The Labute approximate surface area is 79.9 Å². The summed E-state index contributed by atoms with van der Waals surface area (Å²) in [6.45, 7) is 0. The van der Waals surface area contributed by atoms with Crippen LogP contribution in [-0.4, -0.2) is 26.6 Å². The van der Waals surface area contributed by atoms with E-state index >= 15 is 0 Å². The number of hydrogen-bond acceptors (Lipinski definition) is 6. The number of hydrogen-bond donors (Lipinski definition) is 2. The van der Waals surface area contributed by atoms with Gasteiger partial charge in [0.2, 0.25) is 5.95 Å². The average Bonchev–Trinajstić information content (AvgIpc) is 2.49. The van der Waals surface area contributed by atoms with Gasteiger partial charge in [0, 0.05) is 7.05 Å². The van der Waals surface area contributed by atoms with Crippen LogP contribution in [0, 0.1) is 0 Å². The molecule has 0 aromatic carbocycles. The summed E-state index contributed by atoms with van der Waals surface area (Å²) in [6, 6.07) is 0. The zero-order chi connectivity index (χ0) is 10.1. The molecular formula is C7H10N6O. The fourth-order valence-electron chi connectivity index (χ4n) is 1.19. The number of anilines is 2. The van der Waals surface area contributed by atoms with Gasteiger partial charge < -0.3 is 10.3 Å². The van der Waals surface area contributed by atoms with Gasteiger partial charge in [0.1, 0.15) is 0 Å². The number of aromatic nitrogens is 4. The van der Waals surface area contributed by atoms with Crippen molar-refractivity contribution >= 4 is 22.9 Å². The molecule has 0 radical (unpaired) electrons. The summed E-state index contributed by atoms with van der Waals surface area (Å²) in [7, 11) is 3.32. The van der Waals surface area contributed by atoms with E-state index in [2.05, 4.69) is 20.4 Å². The van der Waals surface area contributed by atoms with Gasteiger partial charge in [-0.15, -0.1) is 0 Å². The fourth-order valence-corrected chi connectivity index (χ4v) is 1.19. The number of nitrogens with zero attached hydrogens (tertiary/aromatic N) is 4. The molecule has 0 saturated heterocycles. The van der Waals surface area contributed by atoms with Crippen LogP contribution in [0.1, 0.15) is 0 Å². The van der Waals surface area contributed by atoms with Crippen LogP contribution in [0.4, 0.5) is 11.8 Å². The number of nitrogens with one attached hydrogen (secondary N) is 1. The summed E-state index contributed by atoms with van der Waals surface area (Å²) in [5.41, 5.74) is 9.41. The van der Waals surface area contributed by atoms with Crippen molar-refractivity contribution in [2.45, 2.75) is 0 Å². The van der Waals surface area contributed by atoms with Gasteiger partial charge in [0.25, 0.3) is 0 Å². The van der Waals surface area contributed by atoms with E-state index in [9.17, 15) is 0 Å². The molecule has 2 rings (SSSR count). The predicted molar refractivity (Wildman–Crippen MR) is 51.3 cm³/mol. The quantitative estimate of drug-likeness (QED) is 0.650. The van der Waals surface area contributed by atoms with Gasteiger partial charge in [-0.3, -0.25) is 4.84 Å². The van der Waals surface area contributed by atoms with Crippen molar-refractivity contribution in [1.82, 2.24) is 19.5 Å². The SMILES string of the molecule is CONc1nc(N)nc2c1ncn2C. The van der Waals surface area contributed by atoms with Gasteiger partial charge in [-0.05, 0) is 0 Å². The molecule has 0 bridgehead atoms. The second-order valence-electron chi connectivity index (χ2n) is 2.76. The second kappa shape index (κ2) is 3.11. The van der Waals surface area contributed by atoms with E-state index in [1.165, 1.54) is 7.11 Å². The molecule has 2 aromatic heterocycles. The number of fused-ring (bicyclic) bond motifs is 1. The molecule has 0 aliphatic heterocycles. The zero-order valence-electron chi connectivity index (χ0n) is 7.85. The second-order valence-corrected chi connectivity index (χ2v) is 2.76. The topological polar surface area (TPSA) is 90.9 Å². The van der Waals surface area contributed by atoms with Crippen molar-refractivity contribution in [1.29, 1.82) is 0 Å². The number of imidazole rings is 1. The van der Waals surface area contributed by atoms with E-state index in [4.69, 9.17) is 10.6 Å². The Morgan fingerprint density at radius 2 is 2.29 bits per heavy atom. The highest BCUT2D eigenvalue weighted by Crippen LogP contribution is 2.18. The lowest BCUT2D eigenvalue weighted by molar-refractivity contribution is 0.269. The highest BCUT2D eigenvalue weighted by molar-refractivity contribution is 5.83. The summed E-state index contributed by atoms with van der Waals surface area (Å²) in [5.74, 6) is 0.649. The Bertz CT molecular complexity index is 464. The highest BCUT2D eigenvalue weighted by Gasteiger charge is 2.09. The molecular weight excluding hydrogens is 184 g/mol. The molecule has 0 saturated carbocycles. The molecule has 0 aliphatic carbocycles. The van der Waals surface area contributed by atoms with Crippen LogP contribution >= 0.6 is 0 Å². The molecule has 0 fully saturated rings. The normalized spacial score (nSPS) is 10.7. The molecule has 2 heterocycles. The fraction of sp³-hybridized carbons (Fsp3) is 0.286. The highest BCUT2D eigenvalue weighted by atomic mass is 16.6. The first-order valence-electron chi connectivity index (χ1n) is 3.96. The van der Waals surface area contributed by atoms with Gasteiger partial charge in [0.15, 0.2) is 17.0 Å². The summed E-state index contributed by atoms with van der Waals surface area (Å²) in [5, 5.41) is 0. The van der Waals surface area contributed by atoms with E-state index in [0.29, 0.717) is 17.0 Å². The maximum Gasteiger partial charge on any atom is 0.224 e. The van der Waals surface area contributed by atoms with Crippen molar-refractivity contribution in [3.05, 3.63) is 6.33 Å². The van der Waals surface area contributed by atoms with Gasteiger partial charge in [-0.2, -0.15) is 9.97 Å². The smallest absolute Gasteiger partial charge is 0.224 e. The van der Waals surface area contributed by atoms with Crippen LogP contribution in [0.5, 0.6) is 0 Å². The predicted octanol–water partition coefficient (Wildman–Crippen LogP) is -0.0812. The molecule has 0 amide bonds. The largest absolute Gasteiger partial charge is 0.368 e. The third-order valence-electron chi connectivity index (χ3n) is 1.78. The van der Waals surface area contributed by atoms with E-state index in [1.807, 2.05) is 7.05 Å². The van der Waals surface area contributed by atoms with Crippen molar-refractivity contribution in [2.75, 3.05) is 18.3 Å². The van der Waals surface area contributed by atoms with Crippen LogP contribution in [0.25, 0.3) is 11.2 Å². The third-order valence-corrected chi connectivity index (χ3v) is 1.78. The summed E-state index contributed by atoms with van der Waals surface area (Å²) in [4.78, 5) is 16.9. The number of rotatable bonds is 2. The minimum absolute atomic E-state index is 0.181. The Hall–Kier alpha value is -1.89. The van der Waals surface area contributed by atoms with Crippen LogP contribution < -0.4 is 11.2 Å². The van der Waals surface area contributed by atoms with Crippen LogP contribution in [-0.2, 0) is 11.9 Å². The third kappa shape index (κ3) is 1.23. The van der Waals surface area contributed by atoms with Crippen LogP contribution in [0.2, 0.25) is 0 Å². The van der Waals surface area contributed by atoms with Gasteiger partial charge in [-0.1, -0.05) is 0 Å². The molecule has 0 atom stereocenters. The molecule has 0 spiro atoms. The standard InChI is InChI=1S/C7H10N6O/c1-13-3-9-4-5(12-14-2)10-7(8)11-6(4)13/h3H,1-2H3,(H3,8,10,11,12). The number of aryl methyl sites for hydroxylation is 1. The molecule has 74 valence electrons. The zero-order valence-corrected chi connectivity index (χ0v) is 7.85. The molecule has 2 aromatic rings. The van der Waals surface area contributed by atoms with E-state index < -0.39 is 0 Å². The van der Waals surface area contributed by atoms with Crippen molar-refractivity contribution in [2.24, 2.45) is 7.05 Å². The average molecular weight is 194 g/mol. The lowest BCUT2D eigenvalue weighted by Crippen LogP contribution is -2.04. The minimum atomic E-state index is 0.181. The number of nitrogens with two attached hydrogens (primary N) is 1. The molecule has 7 heteroatoms. The van der Waals surface area contributed by atoms with Crippen LogP contribution in [0.3, 0.4) is 0 Å². The van der Waals surface area contributed by atoms with E-state index in [0.717, 1.165) is 0 Å². The monoisotopic (exact) mass is 194 g/mol. The van der Waals surface area contributed by atoms with Crippen molar-refractivity contribution in [3.8, 4) is 0 Å². The first kappa shape index (κ1) is 8.70. The Morgan fingerprint density at radius 1 is 1.50 bits per heavy atom. The van der Waals surface area contributed by atoms with E-state index in [-0.39, 0.29) is 5.95 Å². The summed E-state index contributed by atoms with van der Waals surface area (Å²) < 4.78 is 1.76. The lowest BCUT2D eigenvalue weighted by Gasteiger charge is -2.03. The van der Waals surface area contributed by atoms with Gasteiger partial charge >= 0.3 is 0 Å². The molecule has 14 heavy (non-hydrogen) atoms. The summed E-state index contributed by atoms with van der Waals surface area (Å²) >= 11 is 0. The van der Waals surface area contributed by atoms with E-state index in [1.54, 1.807) is 10.9 Å². The van der Waals surface area contributed by atoms with Crippen molar-refractivity contribution in [3.63, 3.8) is 0 Å². The Balaban J connectivity index is 2.68. The Kier molecular flexibility index (Phi) is 1.93. The lowest BCUT2D eigenvalue weighted by atomic mass is 10.5. The number of nitrogen functional groups attached to an aromatic ring is 1. The Morgan fingerprint density at radius 3 is 3.00 bits per heavy atom. The van der Waals surface area contributed by atoms with Gasteiger partial charge in [0.05, 0.1) is 13.4 Å². The first-order chi connectivity index (χ1) is 6.72.